The average Bonchev–Trinajstić information content (AvgIpc) is 2.29. The highest BCUT2D eigenvalue weighted by Crippen LogP contribution is 2.19. The van der Waals surface area contributed by atoms with E-state index in [9.17, 15) is 9.90 Å². The molecule has 1 aromatic rings. The fourth-order valence-corrected chi connectivity index (χ4v) is 1.42. The zero-order valence-electron chi connectivity index (χ0n) is 10.5. The van der Waals surface area contributed by atoms with E-state index in [4.69, 9.17) is 5.73 Å². The van der Waals surface area contributed by atoms with Crippen LogP contribution in [0, 0.1) is 5.92 Å². The zero-order valence-corrected chi connectivity index (χ0v) is 10.5. The highest BCUT2D eigenvalue weighted by Gasteiger charge is 2.29. The Hall–Kier alpha value is -1.55. The molecule has 4 heteroatoms. The Balaban J connectivity index is 2.90. The molecule has 1 amide bonds. The molecule has 4 N–H and O–H groups in total. The summed E-state index contributed by atoms with van der Waals surface area (Å²) in [4.78, 5) is 12.0. The predicted molar refractivity (Wildman–Crippen MR) is 67.9 cm³/mol. The van der Waals surface area contributed by atoms with E-state index in [1.54, 1.807) is 18.2 Å². The lowest BCUT2D eigenvalue weighted by Gasteiger charge is -2.33. The number of amides is 1. The maximum Gasteiger partial charge on any atom is 0.255 e. The summed E-state index contributed by atoms with van der Waals surface area (Å²) in [5, 5.41) is 12.5. The van der Waals surface area contributed by atoms with Crippen molar-refractivity contribution in [1.82, 2.24) is 5.32 Å². The second-order valence-corrected chi connectivity index (χ2v) is 4.75. The third-order valence-electron chi connectivity index (χ3n) is 3.25. The molecule has 17 heavy (non-hydrogen) atoms. The van der Waals surface area contributed by atoms with E-state index in [-0.39, 0.29) is 23.1 Å². The summed E-state index contributed by atoms with van der Waals surface area (Å²) in [7, 11) is 0. The standard InChI is InChI=1S/C13H20N2O2/c1-9(2)13(3,8-14)15-12(17)10-6-4-5-7-11(10)16/h4-7,9,16H,8,14H2,1-3H3,(H,15,17). The van der Waals surface area contributed by atoms with Crippen LogP contribution in [0.3, 0.4) is 0 Å². The molecular formula is C13H20N2O2. The second kappa shape index (κ2) is 5.19. The summed E-state index contributed by atoms with van der Waals surface area (Å²) in [5.41, 5.74) is 5.49. The van der Waals surface area contributed by atoms with Crippen molar-refractivity contribution in [3.63, 3.8) is 0 Å². The maximum atomic E-state index is 12.0. The van der Waals surface area contributed by atoms with Gasteiger partial charge in [0.15, 0.2) is 0 Å². The minimum absolute atomic E-state index is 0.0203. The molecule has 1 atom stereocenters. The van der Waals surface area contributed by atoms with Gasteiger partial charge >= 0.3 is 0 Å². The molecule has 1 aromatic carbocycles. The Bertz CT molecular complexity index is 404. The summed E-state index contributed by atoms with van der Waals surface area (Å²) in [6, 6.07) is 6.46. The van der Waals surface area contributed by atoms with Crippen molar-refractivity contribution in [3.8, 4) is 5.75 Å². The van der Waals surface area contributed by atoms with Crippen LogP contribution in [-0.2, 0) is 0 Å². The largest absolute Gasteiger partial charge is 0.507 e. The molecule has 0 fully saturated rings. The first-order valence-corrected chi connectivity index (χ1v) is 5.71. The highest BCUT2D eigenvalue weighted by molar-refractivity contribution is 5.97. The van der Waals surface area contributed by atoms with E-state index in [0.717, 1.165) is 0 Å². The number of hydrogen-bond acceptors (Lipinski definition) is 3. The lowest BCUT2D eigenvalue weighted by atomic mass is 9.88. The first kappa shape index (κ1) is 13.5. The quantitative estimate of drug-likeness (QED) is 0.741. The molecule has 0 aliphatic rings. The van der Waals surface area contributed by atoms with Gasteiger partial charge in [-0.25, -0.2) is 0 Å². The molecule has 1 rings (SSSR count). The van der Waals surface area contributed by atoms with Crippen LogP contribution in [0.5, 0.6) is 5.75 Å². The van der Waals surface area contributed by atoms with E-state index in [0.29, 0.717) is 6.54 Å². The van der Waals surface area contributed by atoms with Gasteiger partial charge < -0.3 is 16.2 Å². The summed E-state index contributed by atoms with van der Waals surface area (Å²) in [6.45, 7) is 6.25. The van der Waals surface area contributed by atoms with Crippen molar-refractivity contribution in [2.45, 2.75) is 26.3 Å². The molecule has 0 heterocycles. The molecule has 4 nitrogen and oxygen atoms in total. The van der Waals surface area contributed by atoms with Crippen LogP contribution >= 0.6 is 0 Å². The van der Waals surface area contributed by atoms with E-state index >= 15 is 0 Å². The molecule has 0 saturated carbocycles. The number of aromatic hydroxyl groups is 1. The lowest BCUT2D eigenvalue weighted by molar-refractivity contribution is 0.0880. The van der Waals surface area contributed by atoms with E-state index in [1.165, 1.54) is 6.07 Å². The highest BCUT2D eigenvalue weighted by atomic mass is 16.3. The number of hydrogen-bond donors (Lipinski definition) is 3. The van der Waals surface area contributed by atoms with Crippen LogP contribution in [-0.4, -0.2) is 23.1 Å². The average molecular weight is 236 g/mol. The summed E-state index contributed by atoms with van der Waals surface area (Å²) in [5.74, 6) is -0.111. The Morgan fingerprint density at radius 3 is 2.53 bits per heavy atom. The first-order valence-electron chi connectivity index (χ1n) is 5.71. The monoisotopic (exact) mass is 236 g/mol. The number of nitrogens with one attached hydrogen (secondary N) is 1. The number of para-hydroxylation sites is 1. The number of carbonyl (C=O) groups is 1. The molecule has 0 bridgehead atoms. The Morgan fingerprint density at radius 2 is 2.06 bits per heavy atom. The van der Waals surface area contributed by atoms with Gasteiger partial charge in [-0.1, -0.05) is 26.0 Å². The van der Waals surface area contributed by atoms with Crippen molar-refractivity contribution < 1.29 is 9.90 Å². The number of phenolic OH excluding ortho intramolecular Hbond substituents is 1. The number of carbonyl (C=O) groups excluding carboxylic acids is 1. The van der Waals surface area contributed by atoms with Gasteiger partial charge in [0.25, 0.3) is 5.91 Å². The first-order chi connectivity index (χ1) is 7.90. The van der Waals surface area contributed by atoms with E-state index in [1.807, 2.05) is 20.8 Å². The smallest absolute Gasteiger partial charge is 0.255 e. The minimum Gasteiger partial charge on any atom is -0.507 e. The van der Waals surface area contributed by atoms with Gasteiger partial charge in [0, 0.05) is 6.54 Å². The van der Waals surface area contributed by atoms with E-state index in [2.05, 4.69) is 5.32 Å². The predicted octanol–water partition coefficient (Wildman–Crippen LogP) is 1.50. The third-order valence-corrected chi connectivity index (χ3v) is 3.25. The SMILES string of the molecule is CC(C)C(C)(CN)NC(=O)c1ccccc1O. The van der Waals surface area contributed by atoms with Crippen molar-refractivity contribution >= 4 is 5.91 Å². The molecule has 0 spiro atoms. The molecule has 94 valence electrons. The minimum atomic E-state index is -0.473. The second-order valence-electron chi connectivity index (χ2n) is 4.75. The van der Waals surface area contributed by atoms with Crippen LogP contribution < -0.4 is 11.1 Å². The van der Waals surface area contributed by atoms with Gasteiger partial charge in [-0.15, -0.1) is 0 Å². The van der Waals surface area contributed by atoms with Crippen LogP contribution in [0.4, 0.5) is 0 Å². The van der Waals surface area contributed by atoms with Gasteiger partial charge in [0.05, 0.1) is 11.1 Å². The molecule has 0 saturated heterocycles. The lowest BCUT2D eigenvalue weighted by Crippen LogP contribution is -2.55. The topological polar surface area (TPSA) is 75.3 Å². The Labute approximate surface area is 102 Å². The Morgan fingerprint density at radius 1 is 1.47 bits per heavy atom. The summed E-state index contributed by atoms with van der Waals surface area (Å²) < 4.78 is 0. The molecule has 1 unspecified atom stereocenters. The van der Waals surface area contributed by atoms with Gasteiger partial charge in [0.2, 0.25) is 0 Å². The molecule has 0 aliphatic heterocycles. The summed E-state index contributed by atoms with van der Waals surface area (Å²) in [6.07, 6.45) is 0. The van der Waals surface area contributed by atoms with Gasteiger partial charge in [0.1, 0.15) is 5.75 Å². The summed E-state index contributed by atoms with van der Waals surface area (Å²) >= 11 is 0. The van der Waals surface area contributed by atoms with Crippen molar-refractivity contribution in [1.29, 1.82) is 0 Å². The maximum absolute atomic E-state index is 12.0. The van der Waals surface area contributed by atoms with Crippen LogP contribution in [0.1, 0.15) is 31.1 Å². The van der Waals surface area contributed by atoms with Crippen molar-refractivity contribution in [2.75, 3.05) is 6.54 Å². The fraction of sp³-hybridized carbons (Fsp3) is 0.462. The van der Waals surface area contributed by atoms with Crippen molar-refractivity contribution in [3.05, 3.63) is 29.8 Å². The number of benzene rings is 1. The van der Waals surface area contributed by atoms with Gasteiger partial charge in [-0.2, -0.15) is 0 Å². The zero-order chi connectivity index (χ0) is 13.1. The normalized spacial score (nSPS) is 14.4. The fourth-order valence-electron chi connectivity index (χ4n) is 1.42. The molecule has 0 aromatic heterocycles. The number of rotatable bonds is 4. The molecular weight excluding hydrogens is 216 g/mol. The van der Waals surface area contributed by atoms with E-state index < -0.39 is 5.54 Å². The van der Waals surface area contributed by atoms with Gasteiger partial charge in [-0.3, -0.25) is 4.79 Å². The number of nitrogens with two attached hydrogens (primary N) is 1. The Kier molecular flexibility index (Phi) is 4.12. The molecule has 0 aliphatic carbocycles. The van der Waals surface area contributed by atoms with Crippen molar-refractivity contribution in [2.24, 2.45) is 11.7 Å². The molecule has 0 radical (unpaired) electrons. The third kappa shape index (κ3) is 2.97. The van der Waals surface area contributed by atoms with Crippen LogP contribution in [0.25, 0.3) is 0 Å². The van der Waals surface area contributed by atoms with Crippen LogP contribution in [0.15, 0.2) is 24.3 Å². The van der Waals surface area contributed by atoms with Crippen LogP contribution in [0.2, 0.25) is 0 Å². The number of phenols is 1. The van der Waals surface area contributed by atoms with Gasteiger partial charge in [-0.05, 0) is 25.0 Å².